The fraction of sp³-hybridized carbons (Fsp3) is 0.579. The molecule has 1 fully saturated rings. The average Bonchev–Trinajstić information content (AvgIpc) is 2.83. The molecule has 0 saturated carbocycles. The summed E-state index contributed by atoms with van der Waals surface area (Å²) >= 11 is 0. The van der Waals surface area contributed by atoms with Crippen LogP contribution in [0, 0.1) is 0 Å². The van der Waals surface area contributed by atoms with Crippen LogP contribution in [-0.4, -0.2) is 67.6 Å². The summed E-state index contributed by atoms with van der Waals surface area (Å²) in [5.41, 5.74) is 0.614. The van der Waals surface area contributed by atoms with E-state index in [9.17, 15) is 9.59 Å². The van der Waals surface area contributed by atoms with Crippen molar-refractivity contribution < 1.29 is 19.1 Å². The Morgan fingerprint density at radius 1 is 1.08 bits per heavy atom. The molecule has 1 aliphatic rings. The Morgan fingerprint density at radius 3 is 2.54 bits per heavy atom. The lowest BCUT2D eigenvalue weighted by Gasteiger charge is -2.21. The van der Waals surface area contributed by atoms with Crippen LogP contribution in [0.25, 0.3) is 0 Å². The molecule has 0 atom stereocenters. The summed E-state index contributed by atoms with van der Waals surface area (Å²) in [6.45, 7) is 9.67. The van der Waals surface area contributed by atoms with Gasteiger partial charge in [0.1, 0.15) is 11.5 Å². The van der Waals surface area contributed by atoms with Crippen molar-refractivity contribution in [3.8, 4) is 11.5 Å². The molecule has 2 rings (SSSR count). The summed E-state index contributed by atoms with van der Waals surface area (Å²) in [5.74, 6) is 1.31. The molecule has 1 aliphatic heterocycles. The first-order chi connectivity index (χ1) is 12.5. The number of nitrogens with one attached hydrogen (secondary N) is 1. The van der Waals surface area contributed by atoms with Gasteiger partial charge in [0, 0.05) is 39.2 Å². The Bertz CT molecular complexity index is 621. The van der Waals surface area contributed by atoms with E-state index in [1.54, 1.807) is 19.1 Å². The number of benzene rings is 1. The highest BCUT2D eigenvalue weighted by Crippen LogP contribution is 2.29. The molecule has 1 N–H and O–H groups in total. The standard InChI is InChI=1S/C19H29N3O4/c1-4-25-16-7-8-18(26-5-2)17(13-16)20-19(24)14-21-9-6-10-22(12-11-21)15(3)23/h7-8,13H,4-6,9-12,14H2,1-3H3,(H,20,24). The molecule has 1 aromatic rings. The van der Waals surface area contributed by atoms with E-state index in [-0.39, 0.29) is 18.4 Å². The van der Waals surface area contributed by atoms with Gasteiger partial charge in [0.2, 0.25) is 11.8 Å². The van der Waals surface area contributed by atoms with Crippen LogP contribution in [0.3, 0.4) is 0 Å². The van der Waals surface area contributed by atoms with E-state index in [2.05, 4.69) is 10.2 Å². The molecule has 1 saturated heterocycles. The largest absolute Gasteiger partial charge is 0.494 e. The zero-order valence-corrected chi connectivity index (χ0v) is 15.9. The Hall–Kier alpha value is -2.28. The highest BCUT2D eigenvalue weighted by atomic mass is 16.5. The number of ether oxygens (including phenoxy) is 2. The number of rotatable bonds is 7. The molecule has 2 amide bonds. The smallest absolute Gasteiger partial charge is 0.238 e. The average molecular weight is 363 g/mol. The van der Waals surface area contributed by atoms with E-state index < -0.39 is 0 Å². The molecule has 0 spiro atoms. The molecule has 0 aromatic heterocycles. The van der Waals surface area contributed by atoms with E-state index >= 15 is 0 Å². The molecule has 0 radical (unpaired) electrons. The SMILES string of the molecule is CCOc1ccc(OCC)c(NC(=O)CN2CCCN(C(C)=O)CC2)c1. The molecular weight excluding hydrogens is 334 g/mol. The van der Waals surface area contributed by atoms with Crippen molar-refractivity contribution in [2.45, 2.75) is 27.2 Å². The summed E-state index contributed by atoms with van der Waals surface area (Å²) in [7, 11) is 0. The molecule has 0 aliphatic carbocycles. The van der Waals surface area contributed by atoms with Crippen LogP contribution in [-0.2, 0) is 9.59 Å². The van der Waals surface area contributed by atoms with E-state index in [0.717, 1.165) is 19.5 Å². The van der Waals surface area contributed by atoms with Crippen LogP contribution in [0.2, 0.25) is 0 Å². The van der Waals surface area contributed by atoms with E-state index in [1.165, 1.54) is 0 Å². The van der Waals surface area contributed by atoms with Crippen molar-refractivity contribution in [2.75, 3.05) is 51.3 Å². The number of anilines is 1. The third kappa shape index (κ3) is 5.91. The van der Waals surface area contributed by atoms with Crippen LogP contribution in [0.4, 0.5) is 5.69 Å². The number of amides is 2. The first-order valence-electron chi connectivity index (χ1n) is 9.20. The maximum Gasteiger partial charge on any atom is 0.238 e. The quantitative estimate of drug-likeness (QED) is 0.802. The molecule has 144 valence electrons. The Balaban J connectivity index is 1.98. The van der Waals surface area contributed by atoms with Gasteiger partial charge >= 0.3 is 0 Å². The summed E-state index contributed by atoms with van der Waals surface area (Å²) in [6.07, 6.45) is 0.872. The van der Waals surface area contributed by atoms with Crippen molar-refractivity contribution in [3.63, 3.8) is 0 Å². The lowest BCUT2D eigenvalue weighted by Crippen LogP contribution is -2.37. The lowest BCUT2D eigenvalue weighted by molar-refractivity contribution is -0.128. The summed E-state index contributed by atoms with van der Waals surface area (Å²) < 4.78 is 11.1. The van der Waals surface area contributed by atoms with Crippen molar-refractivity contribution >= 4 is 17.5 Å². The fourth-order valence-corrected chi connectivity index (χ4v) is 2.98. The van der Waals surface area contributed by atoms with E-state index in [1.807, 2.05) is 24.8 Å². The van der Waals surface area contributed by atoms with Gasteiger partial charge in [-0.15, -0.1) is 0 Å². The van der Waals surface area contributed by atoms with Gasteiger partial charge in [-0.3, -0.25) is 14.5 Å². The molecular formula is C19H29N3O4. The van der Waals surface area contributed by atoms with Crippen molar-refractivity contribution in [3.05, 3.63) is 18.2 Å². The van der Waals surface area contributed by atoms with Crippen molar-refractivity contribution in [1.29, 1.82) is 0 Å². The maximum atomic E-state index is 12.5. The second-order valence-electron chi connectivity index (χ2n) is 6.21. The highest BCUT2D eigenvalue weighted by Gasteiger charge is 2.19. The van der Waals surface area contributed by atoms with Gasteiger partial charge in [-0.1, -0.05) is 0 Å². The third-order valence-electron chi connectivity index (χ3n) is 4.24. The van der Waals surface area contributed by atoms with Crippen molar-refractivity contribution in [1.82, 2.24) is 9.80 Å². The number of carbonyl (C=O) groups excluding carboxylic acids is 2. The topological polar surface area (TPSA) is 71.1 Å². The first kappa shape index (κ1) is 20.0. The van der Waals surface area contributed by atoms with Crippen LogP contribution in [0.1, 0.15) is 27.2 Å². The molecule has 26 heavy (non-hydrogen) atoms. The number of hydrogen-bond donors (Lipinski definition) is 1. The zero-order valence-electron chi connectivity index (χ0n) is 15.9. The fourth-order valence-electron chi connectivity index (χ4n) is 2.98. The van der Waals surface area contributed by atoms with Gasteiger partial charge < -0.3 is 19.7 Å². The van der Waals surface area contributed by atoms with Gasteiger partial charge in [0.05, 0.1) is 25.4 Å². The predicted molar refractivity (Wildman–Crippen MR) is 101 cm³/mol. The van der Waals surface area contributed by atoms with E-state index in [0.29, 0.717) is 43.5 Å². The minimum Gasteiger partial charge on any atom is -0.494 e. The van der Waals surface area contributed by atoms with Gasteiger partial charge in [0.15, 0.2) is 0 Å². The molecule has 0 unspecified atom stereocenters. The van der Waals surface area contributed by atoms with Gasteiger partial charge in [0.25, 0.3) is 0 Å². The molecule has 7 heteroatoms. The zero-order chi connectivity index (χ0) is 18.9. The Morgan fingerprint density at radius 2 is 1.85 bits per heavy atom. The van der Waals surface area contributed by atoms with Crippen LogP contribution in [0.15, 0.2) is 18.2 Å². The summed E-state index contributed by atoms with van der Waals surface area (Å²) in [4.78, 5) is 27.9. The second-order valence-corrected chi connectivity index (χ2v) is 6.21. The van der Waals surface area contributed by atoms with Crippen LogP contribution >= 0.6 is 0 Å². The summed E-state index contributed by atoms with van der Waals surface area (Å²) in [5, 5.41) is 2.93. The monoisotopic (exact) mass is 363 g/mol. The maximum absolute atomic E-state index is 12.5. The normalized spacial score (nSPS) is 15.3. The number of hydrogen-bond acceptors (Lipinski definition) is 5. The molecule has 1 aromatic carbocycles. The lowest BCUT2D eigenvalue weighted by atomic mass is 10.2. The third-order valence-corrected chi connectivity index (χ3v) is 4.24. The Labute approximate surface area is 155 Å². The number of nitrogens with zero attached hydrogens (tertiary/aromatic N) is 2. The van der Waals surface area contributed by atoms with Gasteiger partial charge in [-0.25, -0.2) is 0 Å². The highest BCUT2D eigenvalue weighted by molar-refractivity contribution is 5.94. The van der Waals surface area contributed by atoms with Crippen molar-refractivity contribution in [2.24, 2.45) is 0 Å². The summed E-state index contributed by atoms with van der Waals surface area (Å²) in [6, 6.07) is 5.42. The predicted octanol–water partition coefficient (Wildman–Crippen LogP) is 1.98. The first-order valence-corrected chi connectivity index (χ1v) is 9.20. The van der Waals surface area contributed by atoms with E-state index in [4.69, 9.17) is 9.47 Å². The minimum atomic E-state index is -0.101. The molecule has 7 nitrogen and oxygen atoms in total. The van der Waals surface area contributed by atoms with Crippen LogP contribution in [0.5, 0.6) is 11.5 Å². The van der Waals surface area contributed by atoms with Crippen LogP contribution < -0.4 is 14.8 Å². The van der Waals surface area contributed by atoms with Gasteiger partial charge in [-0.05, 0) is 32.4 Å². The molecule has 0 bridgehead atoms. The molecule has 1 heterocycles. The Kier molecular flexibility index (Phi) is 7.72. The minimum absolute atomic E-state index is 0.0883. The second kappa shape index (κ2) is 10.0. The van der Waals surface area contributed by atoms with Gasteiger partial charge in [-0.2, -0.15) is 0 Å². The number of carbonyl (C=O) groups is 2.